The first-order valence-electron chi connectivity index (χ1n) is 4.51. The molecular formula is C10H13Cl2IN4. The van der Waals surface area contributed by atoms with Gasteiger partial charge in [-0.25, -0.2) is 5.43 Å². The van der Waals surface area contributed by atoms with Crippen LogP contribution in [0.3, 0.4) is 0 Å². The van der Waals surface area contributed by atoms with Crippen molar-refractivity contribution in [3.05, 3.63) is 33.8 Å². The predicted molar refractivity (Wildman–Crippen MR) is 84.0 cm³/mol. The normalized spacial score (nSPS) is 9.88. The topological polar surface area (TPSA) is 51.5 Å². The molecule has 0 saturated heterocycles. The Hall–Kier alpha value is -0.530. The largest absolute Gasteiger partial charge is 0.348 e. The highest BCUT2D eigenvalue weighted by Crippen LogP contribution is 2.21. The fourth-order valence-electron chi connectivity index (χ4n) is 0.892. The van der Waals surface area contributed by atoms with Crippen LogP contribution in [0.15, 0.2) is 23.3 Å². The van der Waals surface area contributed by atoms with Crippen molar-refractivity contribution in [3.8, 4) is 0 Å². The van der Waals surface area contributed by atoms with Crippen LogP contribution >= 0.6 is 47.2 Å². The van der Waals surface area contributed by atoms with Gasteiger partial charge >= 0.3 is 0 Å². The zero-order chi connectivity index (χ0) is 12.1. The molecular weight excluding hydrogens is 374 g/mol. The molecule has 0 aliphatic rings. The van der Waals surface area contributed by atoms with Crippen LogP contribution in [0.5, 0.6) is 0 Å². The van der Waals surface area contributed by atoms with Gasteiger partial charge in [0.25, 0.3) is 0 Å². The molecule has 2 N–H and O–H groups in total. The third kappa shape index (κ3) is 5.10. The van der Waals surface area contributed by atoms with E-state index in [1.54, 1.807) is 37.2 Å². The fourth-order valence-corrected chi connectivity index (χ4v) is 1.39. The molecule has 0 aromatic heterocycles. The molecule has 4 nitrogen and oxygen atoms in total. The van der Waals surface area contributed by atoms with Gasteiger partial charge in [-0.1, -0.05) is 29.3 Å². The molecule has 0 heterocycles. The number of hydrogen-bond acceptors (Lipinski definition) is 2. The maximum Gasteiger partial charge on any atom is 0.211 e. The Bertz CT molecular complexity index is 401. The highest BCUT2D eigenvalue weighted by molar-refractivity contribution is 14.0. The molecule has 0 aliphatic carbocycles. The van der Waals surface area contributed by atoms with E-state index in [0.717, 1.165) is 0 Å². The van der Waals surface area contributed by atoms with Crippen molar-refractivity contribution in [2.75, 3.05) is 14.1 Å². The van der Waals surface area contributed by atoms with Crippen molar-refractivity contribution in [2.45, 2.75) is 0 Å². The summed E-state index contributed by atoms with van der Waals surface area (Å²) in [5, 5.41) is 12.4. The molecule has 1 rings (SSSR count). The lowest BCUT2D eigenvalue weighted by Gasteiger charge is -2.11. The van der Waals surface area contributed by atoms with E-state index < -0.39 is 0 Å². The van der Waals surface area contributed by atoms with Crippen molar-refractivity contribution in [1.29, 1.82) is 5.41 Å². The van der Waals surface area contributed by atoms with Gasteiger partial charge in [-0.2, -0.15) is 5.10 Å². The number of benzene rings is 1. The summed E-state index contributed by atoms with van der Waals surface area (Å²) in [5.74, 6) is 0.180. The molecule has 0 amide bonds. The van der Waals surface area contributed by atoms with Gasteiger partial charge in [0.05, 0.1) is 16.3 Å². The van der Waals surface area contributed by atoms with Crippen molar-refractivity contribution in [3.63, 3.8) is 0 Å². The molecule has 94 valence electrons. The number of guanidine groups is 1. The maximum absolute atomic E-state index is 7.45. The van der Waals surface area contributed by atoms with Crippen LogP contribution in [0.2, 0.25) is 10.0 Å². The maximum atomic E-state index is 7.45. The van der Waals surface area contributed by atoms with Gasteiger partial charge < -0.3 is 4.90 Å². The van der Waals surface area contributed by atoms with E-state index >= 15 is 0 Å². The summed E-state index contributed by atoms with van der Waals surface area (Å²) < 4.78 is 0. The van der Waals surface area contributed by atoms with Gasteiger partial charge in [-0.05, 0) is 12.1 Å². The molecule has 0 radical (unpaired) electrons. The van der Waals surface area contributed by atoms with Crippen molar-refractivity contribution in [2.24, 2.45) is 5.10 Å². The van der Waals surface area contributed by atoms with Crippen LogP contribution in [-0.4, -0.2) is 31.2 Å². The molecule has 0 atom stereocenters. The van der Waals surface area contributed by atoms with E-state index in [0.29, 0.717) is 15.6 Å². The SMILES string of the molecule is CN(C)C(=N)N/N=C/c1c(Cl)cccc1Cl.I. The molecule has 0 saturated carbocycles. The van der Waals surface area contributed by atoms with E-state index in [4.69, 9.17) is 28.6 Å². The van der Waals surface area contributed by atoms with E-state index in [1.165, 1.54) is 6.21 Å². The molecule has 1 aromatic rings. The quantitative estimate of drug-likeness (QED) is 0.355. The summed E-state index contributed by atoms with van der Waals surface area (Å²) >= 11 is 11.9. The first-order chi connectivity index (χ1) is 7.52. The first-order valence-corrected chi connectivity index (χ1v) is 5.27. The minimum absolute atomic E-state index is 0. The summed E-state index contributed by atoms with van der Waals surface area (Å²) in [6.45, 7) is 0. The van der Waals surface area contributed by atoms with Gasteiger partial charge in [0, 0.05) is 19.7 Å². The zero-order valence-electron chi connectivity index (χ0n) is 9.37. The van der Waals surface area contributed by atoms with Crippen LogP contribution < -0.4 is 5.43 Å². The second kappa shape index (κ2) is 7.73. The monoisotopic (exact) mass is 386 g/mol. The van der Waals surface area contributed by atoms with Gasteiger partial charge in [-0.15, -0.1) is 24.0 Å². The number of halogens is 3. The lowest BCUT2D eigenvalue weighted by Crippen LogP contribution is -2.31. The Kier molecular flexibility index (Phi) is 7.49. The Morgan fingerprint density at radius 1 is 1.35 bits per heavy atom. The Labute approximate surface area is 128 Å². The highest BCUT2D eigenvalue weighted by Gasteiger charge is 2.02. The summed E-state index contributed by atoms with van der Waals surface area (Å²) in [4.78, 5) is 1.59. The Balaban J connectivity index is 0.00000256. The molecule has 0 unspecified atom stereocenters. The molecule has 0 fully saturated rings. The van der Waals surface area contributed by atoms with Crippen molar-refractivity contribution < 1.29 is 0 Å². The lowest BCUT2D eigenvalue weighted by molar-refractivity contribution is 0.585. The van der Waals surface area contributed by atoms with Gasteiger partial charge in [-0.3, -0.25) is 5.41 Å². The van der Waals surface area contributed by atoms with Gasteiger partial charge in [0.15, 0.2) is 0 Å². The van der Waals surface area contributed by atoms with Crippen LogP contribution in [0.4, 0.5) is 0 Å². The minimum Gasteiger partial charge on any atom is -0.348 e. The van der Waals surface area contributed by atoms with Gasteiger partial charge in [0.2, 0.25) is 5.96 Å². The third-order valence-corrected chi connectivity index (χ3v) is 2.47. The van der Waals surface area contributed by atoms with E-state index in [-0.39, 0.29) is 29.9 Å². The van der Waals surface area contributed by atoms with Gasteiger partial charge in [0.1, 0.15) is 0 Å². The zero-order valence-corrected chi connectivity index (χ0v) is 13.2. The third-order valence-electron chi connectivity index (χ3n) is 1.81. The molecule has 1 aromatic carbocycles. The van der Waals surface area contributed by atoms with Crippen molar-refractivity contribution >= 4 is 59.4 Å². The fraction of sp³-hybridized carbons (Fsp3) is 0.200. The van der Waals surface area contributed by atoms with E-state index in [9.17, 15) is 0 Å². The average molecular weight is 387 g/mol. The van der Waals surface area contributed by atoms with Crippen LogP contribution in [0.1, 0.15) is 5.56 Å². The summed E-state index contributed by atoms with van der Waals surface area (Å²) in [5.41, 5.74) is 3.18. The highest BCUT2D eigenvalue weighted by atomic mass is 127. The molecule has 0 spiro atoms. The summed E-state index contributed by atoms with van der Waals surface area (Å²) in [6.07, 6.45) is 1.49. The van der Waals surface area contributed by atoms with Crippen molar-refractivity contribution in [1.82, 2.24) is 10.3 Å². The average Bonchev–Trinajstić information content (AvgIpc) is 2.22. The number of rotatable bonds is 2. The van der Waals surface area contributed by atoms with E-state index in [1.807, 2.05) is 0 Å². The smallest absolute Gasteiger partial charge is 0.211 e. The number of nitrogens with zero attached hydrogens (tertiary/aromatic N) is 2. The minimum atomic E-state index is 0. The summed E-state index contributed by atoms with van der Waals surface area (Å²) in [7, 11) is 3.49. The number of nitrogens with one attached hydrogen (secondary N) is 2. The second-order valence-corrected chi connectivity index (χ2v) is 4.06. The van der Waals surface area contributed by atoms with Crippen LogP contribution in [-0.2, 0) is 0 Å². The molecule has 17 heavy (non-hydrogen) atoms. The second-order valence-electron chi connectivity index (χ2n) is 3.25. The number of hydrazone groups is 1. The molecule has 0 bridgehead atoms. The Morgan fingerprint density at radius 3 is 2.35 bits per heavy atom. The first kappa shape index (κ1) is 16.5. The standard InChI is InChI=1S/C10H12Cl2N4.HI/c1-16(2)10(13)15-14-6-7-8(11)4-3-5-9(7)12;/h3-6H,1-2H3,(H2,13,15);1H/b14-6+;. The Morgan fingerprint density at radius 2 is 1.88 bits per heavy atom. The molecule has 0 aliphatic heterocycles. The summed E-state index contributed by atoms with van der Waals surface area (Å²) in [6, 6.07) is 5.22. The lowest BCUT2D eigenvalue weighted by atomic mass is 10.2. The van der Waals surface area contributed by atoms with Crippen LogP contribution in [0.25, 0.3) is 0 Å². The number of hydrogen-bond donors (Lipinski definition) is 2. The predicted octanol–water partition coefficient (Wildman–Crippen LogP) is 3.03. The molecule has 7 heteroatoms. The van der Waals surface area contributed by atoms with E-state index in [2.05, 4.69) is 10.5 Å². The van der Waals surface area contributed by atoms with Crippen LogP contribution in [0, 0.1) is 5.41 Å².